The van der Waals surface area contributed by atoms with Gasteiger partial charge in [0.05, 0.1) is 11.7 Å². The van der Waals surface area contributed by atoms with Crippen LogP contribution in [-0.2, 0) is 9.63 Å². The molecular weight excluding hydrogens is 218 g/mol. The summed E-state index contributed by atoms with van der Waals surface area (Å²) < 4.78 is 0. The Labute approximate surface area is 91.1 Å². The Morgan fingerprint density at radius 3 is 2.67 bits per heavy atom. The fourth-order valence-electron chi connectivity index (χ4n) is 1.32. The zero-order chi connectivity index (χ0) is 10.8. The van der Waals surface area contributed by atoms with Crippen LogP contribution in [0.15, 0.2) is 29.4 Å². The Kier molecular flexibility index (Phi) is 2.60. The van der Waals surface area contributed by atoms with Gasteiger partial charge in [0.2, 0.25) is 0 Å². The molecule has 0 radical (unpaired) electrons. The van der Waals surface area contributed by atoms with Gasteiger partial charge in [0.15, 0.2) is 6.10 Å². The molecule has 0 amide bonds. The second-order valence-electron chi connectivity index (χ2n) is 3.16. The molecule has 0 spiro atoms. The van der Waals surface area contributed by atoms with Crippen molar-refractivity contribution in [3.63, 3.8) is 0 Å². The molecule has 1 atom stereocenters. The number of halogens is 1. The highest BCUT2D eigenvalue weighted by molar-refractivity contribution is 6.30. The van der Waals surface area contributed by atoms with Crippen LogP contribution in [0.2, 0.25) is 5.02 Å². The van der Waals surface area contributed by atoms with E-state index in [4.69, 9.17) is 16.4 Å². The van der Waals surface area contributed by atoms with Gasteiger partial charge in [-0.05, 0) is 17.7 Å². The zero-order valence-electron chi connectivity index (χ0n) is 7.64. The van der Waals surface area contributed by atoms with Crippen molar-refractivity contribution in [1.82, 2.24) is 0 Å². The monoisotopic (exact) mass is 224 g/mol. The number of rotatable bonds is 2. The van der Waals surface area contributed by atoms with Crippen molar-refractivity contribution in [3.8, 4) is 0 Å². The predicted octanol–water partition coefficient (Wildman–Crippen LogP) is 0.583. The second-order valence-corrected chi connectivity index (χ2v) is 3.60. The third kappa shape index (κ3) is 2.10. The zero-order valence-corrected chi connectivity index (χ0v) is 8.40. The fourth-order valence-corrected chi connectivity index (χ4v) is 1.44. The van der Waals surface area contributed by atoms with Crippen molar-refractivity contribution in [2.75, 3.05) is 0 Å². The van der Waals surface area contributed by atoms with E-state index in [9.17, 15) is 9.90 Å². The van der Waals surface area contributed by atoms with Gasteiger partial charge < -0.3 is 14.7 Å². The fraction of sp³-hybridized carbons (Fsp3) is 0.200. The Morgan fingerprint density at radius 1 is 1.47 bits per heavy atom. The molecule has 5 heteroatoms. The largest absolute Gasteiger partial charge is 0.546 e. The molecule has 0 unspecified atom stereocenters. The van der Waals surface area contributed by atoms with Crippen molar-refractivity contribution in [3.05, 3.63) is 34.9 Å². The summed E-state index contributed by atoms with van der Waals surface area (Å²) in [5.41, 5.74) is 1.41. The number of hydrogen-bond donors (Lipinski definition) is 0. The van der Waals surface area contributed by atoms with E-state index in [0.717, 1.165) is 5.56 Å². The van der Waals surface area contributed by atoms with Crippen LogP contribution in [-0.4, -0.2) is 17.8 Å². The number of carboxylic acid groups (broad SMARTS) is 1. The van der Waals surface area contributed by atoms with Gasteiger partial charge in [-0.1, -0.05) is 28.9 Å². The van der Waals surface area contributed by atoms with Crippen LogP contribution < -0.4 is 5.11 Å². The lowest BCUT2D eigenvalue weighted by atomic mass is 10.1. The lowest BCUT2D eigenvalue weighted by Crippen LogP contribution is -2.35. The van der Waals surface area contributed by atoms with Crippen molar-refractivity contribution in [2.45, 2.75) is 12.5 Å². The average Bonchev–Trinajstić information content (AvgIpc) is 2.68. The molecule has 2 rings (SSSR count). The summed E-state index contributed by atoms with van der Waals surface area (Å²) in [6, 6.07) is 6.96. The lowest BCUT2D eigenvalue weighted by Gasteiger charge is -2.07. The third-order valence-electron chi connectivity index (χ3n) is 2.11. The van der Waals surface area contributed by atoms with Crippen molar-refractivity contribution >= 4 is 23.3 Å². The van der Waals surface area contributed by atoms with E-state index in [0.29, 0.717) is 10.7 Å². The van der Waals surface area contributed by atoms with Gasteiger partial charge in [-0.2, -0.15) is 0 Å². The predicted molar refractivity (Wildman–Crippen MR) is 52.5 cm³/mol. The van der Waals surface area contributed by atoms with Crippen LogP contribution in [0.5, 0.6) is 0 Å². The first kappa shape index (κ1) is 9.98. The Hall–Kier alpha value is -1.55. The summed E-state index contributed by atoms with van der Waals surface area (Å²) in [7, 11) is 0. The summed E-state index contributed by atoms with van der Waals surface area (Å²) in [6.07, 6.45) is -0.750. The highest BCUT2D eigenvalue weighted by Crippen LogP contribution is 2.18. The van der Waals surface area contributed by atoms with Gasteiger partial charge in [-0.25, -0.2) is 0 Å². The molecule has 1 aromatic carbocycles. The second kappa shape index (κ2) is 3.90. The maximum absolute atomic E-state index is 10.5. The standard InChI is InChI=1S/C10H8ClNO3/c11-7-3-1-6(2-4-7)8-5-9(10(13)14)15-12-8/h1-4,9H,5H2,(H,13,14)/p-1/t9-/m1/s1. The summed E-state index contributed by atoms with van der Waals surface area (Å²) in [6.45, 7) is 0. The number of carbonyl (C=O) groups excluding carboxylic acids is 1. The van der Waals surface area contributed by atoms with Gasteiger partial charge in [0.1, 0.15) is 0 Å². The first-order valence-electron chi connectivity index (χ1n) is 4.36. The third-order valence-corrected chi connectivity index (χ3v) is 2.36. The van der Waals surface area contributed by atoms with Crippen molar-refractivity contribution in [2.24, 2.45) is 5.16 Å². The van der Waals surface area contributed by atoms with Crippen molar-refractivity contribution in [1.29, 1.82) is 0 Å². The molecule has 1 aliphatic rings. The highest BCUT2D eigenvalue weighted by Gasteiger charge is 2.22. The van der Waals surface area contributed by atoms with E-state index in [-0.39, 0.29) is 6.42 Å². The summed E-state index contributed by atoms with van der Waals surface area (Å²) in [4.78, 5) is 15.2. The van der Waals surface area contributed by atoms with E-state index >= 15 is 0 Å². The van der Waals surface area contributed by atoms with Crippen LogP contribution in [0.1, 0.15) is 12.0 Å². The summed E-state index contributed by atoms with van der Waals surface area (Å²) in [5.74, 6) is -1.25. The van der Waals surface area contributed by atoms with Gasteiger partial charge in [-0.3, -0.25) is 0 Å². The topological polar surface area (TPSA) is 61.7 Å². The minimum atomic E-state index is -1.25. The molecule has 0 saturated carbocycles. The first-order chi connectivity index (χ1) is 7.16. The SMILES string of the molecule is O=C([O-])[C@H]1CC(c2ccc(Cl)cc2)=NO1. The molecule has 0 fully saturated rings. The molecule has 78 valence electrons. The van der Waals surface area contributed by atoms with Gasteiger partial charge in [0.25, 0.3) is 0 Å². The molecule has 1 aromatic rings. The maximum Gasteiger partial charge on any atom is 0.172 e. The molecule has 0 N–H and O–H groups in total. The van der Waals surface area contributed by atoms with Crippen LogP contribution in [0, 0.1) is 0 Å². The number of aliphatic carboxylic acids is 1. The number of nitrogens with zero attached hydrogens (tertiary/aromatic N) is 1. The van der Waals surface area contributed by atoms with Crippen LogP contribution in [0.4, 0.5) is 0 Å². The molecule has 1 aliphatic heterocycles. The van der Waals surface area contributed by atoms with E-state index in [1.54, 1.807) is 24.3 Å². The van der Waals surface area contributed by atoms with E-state index in [1.165, 1.54) is 0 Å². The Morgan fingerprint density at radius 2 is 2.13 bits per heavy atom. The normalized spacial score (nSPS) is 19.5. The molecule has 0 saturated heterocycles. The van der Waals surface area contributed by atoms with Gasteiger partial charge in [-0.15, -0.1) is 0 Å². The van der Waals surface area contributed by atoms with E-state index in [2.05, 4.69) is 5.16 Å². The summed E-state index contributed by atoms with van der Waals surface area (Å²) in [5, 5.41) is 14.8. The molecular formula is C10H7ClNO3-. The van der Waals surface area contributed by atoms with Gasteiger partial charge in [0, 0.05) is 11.4 Å². The minimum absolute atomic E-state index is 0.226. The Bertz CT molecular complexity index is 413. The van der Waals surface area contributed by atoms with Crippen LogP contribution in [0.3, 0.4) is 0 Å². The van der Waals surface area contributed by atoms with Crippen LogP contribution >= 0.6 is 11.6 Å². The number of oxime groups is 1. The first-order valence-corrected chi connectivity index (χ1v) is 4.74. The molecule has 15 heavy (non-hydrogen) atoms. The van der Waals surface area contributed by atoms with Crippen LogP contribution in [0.25, 0.3) is 0 Å². The smallest absolute Gasteiger partial charge is 0.172 e. The lowest BCUT2D eigenvalue weighted by molar-refractivity contribution is -0.315. The molecule has 0 aromatic heterocycles. The van der Waals surface area contributed by atoms with Crippen molar-refractivity contribution < 1.29 is 14.7 Å². The minimum Gasteiger partial charge on any atom is -0.546 e. The van der Waals surface area contributed by atoms with E-state index < -0.39 is 12.1 Å². The maximum atomic E-state index is 10.5. The Balaban J connectivity index is 2.14. The number of hydrogen-bond acceptors (Lipinski definition) is 4. The quantitative estimate of drug-likeness (QED) is 0.738. The number of carboxylic acids is 1. The summed E-state index contributed by atoms with van der Waals surface area (Å²) >= 11 is 5.72. The molecule has 4 nitrogen and oxygen atoms in total. The average molecular weight is 225 g/mol. The highest BCUT2D eigenvalue weighted by atomic mass is 35.5. The number of carbonyl (C=O) groups is 1. The molecule has 1 heterocycles. The molecule has 0 aliphatic carbocycles. The number of benzene rings is 1. The molecule has 0 bridgehead atoms. The van der Waals surface area contributed by atoms with E-state index in [1.807, 2.05) is 0 Å². The van der Waals surface area contributed by atoms with Gasteiger partial charge >= 0.3 is 0 Å².